The van der Waals surface area contributed by atoms with Crippen molar-refractivity contribution in [3.63, 3.8) is 0 Å². The molecule has 0 fully saturated rings. The van der Waals surface area contributed by atoms with Crippen molar-refractivity contribution >= 4 is 23.8 Å². The second-order valence-corrected chi connectivity index (χ2v) is 3.99. The van der Waals surface area contributed by atoms with E-state index in [2.05, 4.69) is 15.7 Å². The van der Waals surface area contributed by atoms with Gasteiger partial charge in [-0.1, -0.05) is 6.07 Å². The first-order valence-electron chi connectivity index (χ1n) is 5.60. The lowest BCUT2D eigenvalue weighted by Gasteiger charge is -2.10. The summed E-state index contributed by atoms with van der Waals surface area (Å²) in [5.41, 5.74) is 1.43. The number of hydrogen-bond acceptors (Lipinski definition) is 3. The predicted molar refractivity (Wildman–Crippen MR) is 73.3 cm³/mol. The summed E-state index contributed by atoms with van der Waals surface area (Å²) in [6, 6.07) is 5.90. The van der Waals surface area contributed by atoms with Crippen molar-refractivity contribution in [2.24, 2.45) is 0 Å². The highest BCUT2D eigenvalue weighted by Crippen LogP contribution is 2.09. The van der Waals surface area contributed by atoms with Crippen LogP contribution in [-0.2, 0) is 0 Å². The Morgan fingerprint density at radius 2 is 2.28 bits per heavy atom. The Hall–Kier alpha value is -1.59. The molecule has 0 saturated carbocycles. The van der Waals surface area contributed by atoms with Crippen molar-refractivity contribution in [1.82, 2.24) is 20.2 Å². The summed E-state index contributed by atoms with van der Waals surface area (Å²) in [4.78, 5) is 11.9. The van der Waals surface area contributed by atoms with Crippen LogP contribution in [0.15, 0.2) is 30.6 Å². The third-order valence-electron chi connectivity index (χ3n) is 2.73. The van der Waals surface area contributed by atoms with E-state index < -0.39 is 0 Å². The normalized spacial score (nSPS) is 11.9. The molecule has 2 aromatic rings. The number of pyridine rings is 1. The number of hydrogen-bond donors (Lipinski definition) is 2. The first-order chi connectivity index (χ1) is 8.22. The van der Waals surface area contributed by atoms with Crippen LogP contribution in [0.4, 0.5) is 0 Å². The Morgan fingerprint density at radius 3 is 3.00 bits per heavy atom. The van der Waals surface area contributed by atoms with Gasteiger partial charge >= 0.3 is 0 Å². The highest BCUT2D eigenvalue weighted by atomic mass is 35.5. The number of carbonyl (C=O) groups is 1. The molecule has 1 atom stereocenters. The number of nitrogens with zero attached hydrogens (tertiary/aromatic N) is 2. The summed E-state index contributed by atoms with van der Waals surface area (Å²) < 4.78 is 1.69. The average Bonchev–Trinajstić information content (AvgIpc) is 2.79. The zero-order valence-electron chi connectivity index (χ0n) is 10.4. The smallest absolute Gasteiger partial charge is 0.255 e. The van der Waals surface area contributed by atoms with E-state index >= 15 is 0 Å². The molecule has 0 radical (unpaired) electrons. The first-order valence-corrected chi connectivity index (χ1v) is 5.60. The number of nitrogens with one attached hydrogen (secondary N) is 2. The van der Waals surface area contributed by atoms with E-state index in [-0.39, 0.29) is 24.4 Å². The van der Waals surface area contributed by atoms with Crippen LogP contribution in [0.5, 0.6) is 0 Å². The second-order valence-electron chi connectivity index (χ2n) is 3.99. The number of aromatic nitrogens is 2. The molecular weight excluding hydrogens is 252 g/mol. The topological polar surface area (TPSA) is 58.4 Å². The Balaban J connectivity index is 0.00000162. The van der Waals surface area contributed by atoms with Crippen molar-refractivity contribution in [2.45, 2.75) is 13.0 Å². The molecule has 0 saturated heterocycles. The minimum atomic E-state index is -0.0895. The van der Waals surface area contributed by atoms with Gasteiger partial charge in [0.1, 0.15) is 0 Å². The molecule has 0 bridgehead atoms. The number of fused-ring (bicyclic) bond motifs is 1. The summed E-state index contributed by atoms with van der Waals surface area (Å²) in [6.45, 7) is 2.61. The molecule has 1 amide bonds. The molecule has 2 aromatic heterocycles. The zero-order valence-corrected chi connectivity index (χ0v) is 11.2. The lowest BCUT2D eigenvalue weighted by molar-refractivity contribution is 0.0952. The van der Waals surface area contributed by atoms with Gasteiger partial charge < -0.3 is 10.6 Å². The van der Waals surface area contributed by atoms with E-state index in [0.717, 1.165) is 5.52 Å². The fourth-order valence-electron chi connectivity index (χ4n) is 1.55. The fraction of sp³-hybridized carbons (Fsp3) is 0.333. The third-order valence-corrected chi connectivity index (χ3v) is 2.73. The Kier molecular flexibility index (Phi) is 5.12. The van der Waals surface area contributed by atoms with Gasteiger partial charge in [-0.2, -0.15) is 5.10 Å². The van der Waals surface area contributed by atoms with Gasteiger partial charge in [-0.25, -0.2) is 4.52 Å². The van der Waals surface area contributed by atoms with Crippen molar-refractivity contribution in [2.75, 3.05) is 13.6 Å². The summed E-state index contributed by atoms with van der Waals surface area (Å²) >= 11 is 0. The molecule has 2 heterocycles. The van der Waals surface area contributed by atoms with Crippen LogP contribution in [0.1, 0.15) is 17.3 Å². The summed E-state index contributed by atoms with van der Waals surface area (Å²) in [5, 5.41) is 10.1. The van der Waals surface area contributed by atoms with Gasteiger partial charge in [-0.3, -0.25) is 4.79 Å². The van der Waals surface area contributed by atoms with E-state index in [9.17, 15) is 4.79 Å². The quantitative estimate of drug-likeness (QED) is 0.873. The van der Waals surface area contributed by atoms with E-state index in [1.165, 1.54) is 0 Å². The minimum absolute atomic E-state index is 0. The Morgan fingerprint density at radius 1 is 1.50 bits per heavy atom. The maximum absolute atomic E-state index is 11.9. The molecular formula is C12H17ClN4O. The largest absolute Gasteiger partial charge is 0.350 e. The molecule has 6 heteroatoms. The molecule has 0 aliphatic carbocycles. The van der Waals surface area contributed by atoms with Gasteiger partial charge in [0.05, 0.1) is 17.3 Å². The first kappa shape index (κ1) is 14.5. The summed E-state index contributed by atoms with van der Waals surface area (Å²) in [5.74, 6) is -0.0895. The van der Waals surface area contributed by atoms with E-state index in [4.69, 9.17) is 0 Å². The monoisotopic (exact) mass is 268 g/mol. The predicted octanol–water partition coefficient (Wildman–Crippen LogP) is 1.09. The van der Waals surface area contributed by atoms with Crippen molar-refractivity contribution < 1.29 is 4.79 Å². The van der Waals surface area contributed by atoms with Gasteiger partial charge in [0.25, 0.3) is 5.91 Å². The molecule has 2 N–H and O–H groups in total. The van der Waals surface area contributed by atoms with Crippen LogP contribution >= 0.6 is 12.4 Å². The van der Waals surface area contributed by atoms with Gasteiger partial charge in [-0.05, 0) is 26.1 Å². The zero-order chi connectivity index (χ0) is 12.3. The van der Waals surface area contributed by atoms with Crippen molar-refractivity contribution in [3.8, 4) is 0 Å². The van der Waals surface area contributed by atoms with Crippen LogP contribution in [0, 0.1) is 0 Å². The van der Waals surface area contributed by atoms with Crippen molar-refractivity contribution in [3.05, 3.63) is 36.2 Å². The van der Waals surface area contributed by atoms with Gasteiger partial charge in [0.2, 0.25) is 0 Å². The van der Waals surface area contributed by atoms with Gasteiger partial charge in [0.15, 0.2) is 0 Å². The highest BCUT2D eigenvalue weighted by molar-refractivity contribution is 6.00. The SMILES string of the molecule is CNC(C)CNC(=O)c1cnn2ccccc12.Cl. The van der Waals surface area contributed by atoms with Crippen LogP contribution in [0.25, 0.3) is 5.52 Å². The maximum Gasteiger partial charge on any atom is 0.255 e. The molecule has 0 aromatic carbocycles. The molecule has 0 aliphatic heterocycles. The van der Waals surface area contributed by atoms with Gasteiger partial charge in [0, 0.05) is 18.8 Å². The van der Waals surface area contributed by atoms with Crippen molar-refractivity contribution in [1.29, 1.82) is 0 Å². The van der Waals surface area contributed by atoms with Crippen LogP contribution < -0.4 is 10.6 Å². The minimum Gasteiger partial charge on any atom is -0.350 e. The van der Waals surface area contributed by atoms with Crippen LogP contribution in [0.2, 0.25) is 0 Å². The molecule has 0 aliphatic rings. The van der Waals surface area contributed by atoms with Crippen LogP contribution in [-0.4, -0.2) is 35.2 Å². The van der Waals surface area contributed by atoms with E-state index in [1.54, 1.807) is 10.7 Å². The second kappa shape index (κ2) is 6.37. The Labute approximate surface area is 112 Å². The van der Waals surface area contributed by atoms with E-state index in [1.807, 2.05) is 38.4 Å². The maximum atomic E-state index is 11.9. The summed E-state index contributed by atoms with van der Waals surface area (Å²) in [7, 11) is 1.87. The molecule has 5 nitrogen and oxygen atoms in total. The molecule has 1 unspecified atom stereocenters. The van der Waals surface area contributed by atoms with E-state index in [0.29, 0.717) is 12.1 Å². The lowest BCUT2D eigenvalue weighted by Crippen LogP contribution is -2.37. The molecule has 0 spiro atoms. The third kappa shape index (κ3) is 3.00. The molecule has 2 rings (SSSR count). The standard InChI is InChI=1S/C12H16N4O.ClH/c1-9(13-2)7-14-12(17)10-8-15-16-6-4-3-5-11(10)16;/h3-6,8-9,13H,7H2,1-2H3,(H,14,17);1H. The fourth-order valence-corrected chi connectivity index (χ4v) is 1.55. The number of amides is 1. The van der Waals surface area contributed by atoms with Crippen LogP contribution in [0.3, 0.4) is 0 Å². The number of halogens is 1. The number of rotatable bonds is 4. The number of likely N-dealkylation sites (N-methyl/N-ethyl adjacent to an activating group) is 1. The molecule has 18 heavy (non-hydrogen) atoms. The molecule has 98 valence electrons. The lowest BCUT2D eigenvalue weighted by atomic mass is 10.2. The van der Waals surface area contributed by atoms with Gasteiger partial charge in [-0.15, -0.1) is 12.4 Å². The number of carbonyl (C=O) groups excluding carboxylic acids is 1. The average molecular weight is 269 g/mol. The Bertz CT molecular complexity index is 526. The highest BCUT2D eigenvalue weighted by Gasteiger charge is 2.12. The summed E-state index contributed by atoms with van der Waals surface area (Å²) in [6.07, 6.45) is 3.41.